The van der Waals surface area contributed by atoms with Crippen LogP contribution in [0, 0.1) is 0 Å². The van der Waals surface area contributed by atoms with Crippen LogP contribution in [0.2, 0.25) is 0 Å². The average Bonchev–Trinajstić information content (AvgIpc) is 3.20. The molecular weight excluding hydrogens is 382 g/mol. The first-order valence-corrected chi connectivity index (χ1v) is 10.2. The largest absolute Gasteiger partial charge is 0.493 e. The van der Waals surface area contributed by atoms with Crippen molar-refractivity contribution >= 4 is 29.1 Å². The van der Waals surface area contributed by atoms with Gasteiger partial charge in [-0.1, -0.05) is 0 Å². The van der Waals surface area contributed by atoms with Crippen LogP contribution in [-0.4, -0.2) is 31.4 Å². The summed E-state index contributed by atoms with van der Waals surface area (Å²) < 4.78 is 16.0. The van der Waals surface area contributed by atoms with Crippen LogP contribution < -0.4 is 9.47 Å². The molecule has 140 valence electrons. The zero-order chi connectivity index (χ0) is 19.2. The molecule has 0 aliphatic heterocycles. The molecule has 7 heteroatoms. The topological polar surface area (TPSA) is 57.7 Å². The highest BCUT2D eigenvalue weighted by atomic mass is 32.2. The number of benzene rings is 2. The molecule has 0 bridgehead atoms. The lowest BCUT2D eigenvalue weighted by atomic mass is 10.2. The van der Waals surface area contributed by atoms with Crippen molar-refractivity contribution in [2.45, 2.75) is 11.5 Å². The first-order valence-electron chi connectivity index (χ1n) is 8.12. The van der Waals surface area contributed by atoms with E-state index in [9.17, 15) is 4.79 Å². The van der Waals surface area contributed by atoms with Crippen LogP contribution in [0.1, 0.15) is 16.1 Å². The second-order valence-corrected chi connectivity index (χ2v) is 7.26. The Morgan fingerprint density at radius 1 is 1.07 bits per heavy atom. The van der Waals surface area contributed by atoms with Crippen LogP contribution in [0.4, 0.5) is 0 Å². The number of hydrogen-bond acceptors (Lipinski definition) is 7. The van der Waals surface area contributed by atoms with Crippen LogP contribution >= 0.6 is 23.1 Å². The Labute approximate surface area is 166 Å². The smallest absolute Gasteiger partial charge is 0.338 e. The van der Waals surface area contributed by atoms with E-state index < -0.39 is 0 Å². The van der Waals surface area contributed by atoms with Crippen molar-refractivity contribution < 1.29 is 19.0 Å². The van der Waals surface area contributed by atoms with E-state index >= 15 is 0 Å². The number of thioether (sulfide) groups is 1. The maximum absolute atomic E-state index is 12.2. The summed E-state index contributed by atoms with van der Waals surface area (Å²) in [6.45, 7) is 0.132. The Morgan fingerprint density at radius 3 is 2.48 bits per heavy atom. The van der Waals surface area contributed by atoms with Gasteiger partial charge in [-0.3, -0.25) is 0 Å². The minimum atomic E-state index is -0.358. The van der Waals surface area contributed by atoms with Gasteiger partial charge in [-0.2, -0.15) is 0 Å². The Balaban J connectivity index is 1.66. The highest BCUT2D eigenvalue weighted by Crippen LogP contribution is 2.33. The fourth-order valence-electron chi connectivity index (χ4n) is 2.43. The van der Waals surface area contributed by atoms with Crippen LogP contribution in [0.25, 0.3) is 10.6 Å². The van der Waals surface area contributed by atoms with Gasteiger partial charge in [0.2, 0.25) is 0 Å². The molecule has 0 unspecified atom stereocenters. The summed E-state index contributed by atoms with van der Waals surface area (Å²) >= 11 is 3.11. The molecule has 0 spiro atoms. The highest BCUT2D eigenvalue weighted by molar-refractivity contribution is 7.98. The van der Waals surface area contributed by atoms with E-state index in [1.807, 2.05) is 42.0 Å². The lowest BCUT2D eigenvalue weighted by Gasteiger charge is -2.08. The van der Waals surface area contributed by atoms with E-state index in [2.05, 4.69) is 4.98 Å². The van der Waals surface area contributed by atoms with Crippen molar-refractivity contribution in [1.29, 1.82) is 0 Å². The standard InChI is InChI=1S/C20H19NO4S2/c1-23-17-9-6-14(10-18(17)24-2)19-21-15(12-27-19)11-25-20(22)13-4-7-16(26-3)8-5-13/h4-10,12H,11H2,1-3H3. The van der Waals surface area contributed by atoms with Crippen molar-refractivity contribution in [2.24, 2.45) is 0 Å². The summed E-state index contributed by atoms with van der Waals surface area (Å²) in [7, 11) is 3.20. The molecule has 2 aromatic carbocycles. The Morgan fingerprint density at radius 2 is 1.81 bits per heavy atom. The average molecular weight is 402 g/mol. The fraction of sp³-hybridized carbons (Fsp3) is 0.200. The number of carbonyl (C=O) groups is 1. The third-order valence-corrected chi connectivity index (χ3v) is 5.54. The van der Waals surface area contributed by atoms with Gasteiger partial charge in [0.05, 0.1) is 25.5 Å². The molecular formula is C20H19NO4S2. The molecule has 0 saturated carbocycles. The van der Waals surface area contributed by atoms with Crippen molar-refractivity contribution in [3.05, 3.63) is 59.1 Å². The highest BCUT2D eigenvalue weighted by Gasteiger charge is 2.12. The van der Waals surface area contributed by atoms with Gasteiger partial charge in [-0.15, -0.1) is 23.1 Å². The molecule has 1 heterocycles. The van der Waals surface area contributed by atoms with E-state index in [4.69, 9.17) is 14.2 Å². The molecule has 0 N–H and O–H groups in total. The van der Waals surface area contributed by atoms with E-state index in [0.717, 1.165) is 15.5 Å². The summed E-state index contributed by atoms with van der Waals surface area (Å²) in [6.07, 6.45) is 1.99. The van der Waals surface area contributed by atoms with Gasteiger partial charge >= 0.3 is 5.97 Å². The molecule has 0 aliphatic rings. The second-order valence-electron chi connectivity index (χ2n) is 5.52. The van der Waals surface area contributed by atoms with Gasteiger partial charge in [0.15, 0.2) is 11.5 Å². The molecule has 0 saturated heterocycles. The fourth-order valence-corrected chi connectivity index (χ4v) is 3.63. The summed E-state index contributed by atoms with van der Waals surface area (Å²) in [5, 5.41) is 2.71. The zero-order valence-corrected chi connectivity index (χ0v) is 16.9. The first kappa shape index (κ1) is 19.3. The first-order chi connectivity index (χ1) is 13.1. The summed E-state index contributed by atoms with van der Waals surface area (Å²) in [6, 6.07) is 13.0. The van der Waals surface area contributed by atoms with E-state index in [0.29, 0.717) is 22.8 Å². The predicted molar refractivity (Wildman–Crippen MR) is 108 cm³/mol. The lowest BCUT2D eigenvalue weighted by molar-refractivity contribution is 0.0468. The van der Waals surface area contributed by atoms with Crippen LogP contribution in [-0.2, 0) is 11.3 Å². The number of nitrogens with zero attached hydrogens (tertiary/aromatic N) is 1. The maximum atomic E-state index is 12.2. The van der Waals surface area contributed by atoms with E-state index in [1.54, 1.807) is 38.1 Å². The molecule has 3 aromatic rings. The molecule has 0 amide bonds. The molecule has 0 aliphatic carbocycles. The number of carbonyl (C=O) groups excluding carboxylic acids is 1. The van der Waals surface area contributed by atoms with Crippen LogP contribution in [0.15, 0.2) is 52.7 Å². The lowest BCUT2D eigenvalue weighted by Crippen LogP contribution is -2.05. The third-order valence-electron chi connectivity index (χ3n) is 3.86. The third kappa shape index (κ3) is 4.61. The summed E-state index contributed by atoms with van der Waals surface area (Å²) in [5.74, 6) is 0.953. The Bertz CT molecular complexity index is 922. The number of ether oxygens (including phenoxy) is 3. The van der Waals surface area contributed by atoms with Gasteiger partial charge in [0.1, 0.15) is 11.6 Å². The zero-order valence-electron chi connectivity index (χ0n) is 15.2. The van der Waals surface area contributed by atoms with Gasteiger partial charge in [-0.25, -0.2) is 9.78 Å². The minimum Gasteiger partial charge on any atom is -0.493 e. The molecule has 27 heavy (non-hydrogen) atoms. The molecule has 3 rings (SSSR count). The monoisotopic (exact) mass is 401 g/mol. The Hall–Kier alpha value is -2.51. The number of thiazole rings is 1. The second kappa shape index (κ2) is 8.92. The SMILES string of the molecule is COc1ccc(-c2nc(COC(=O)c3ccc(SC)cc3)cs2)cc1OC. The van der Waals surface area contributed by atoms with E-state index in [-0.39, 0.29) is 12.6 Å². The normalized spacial score (nSPS) is 10.5. The molecule has 1 aromatic heterocycles. The van der Waals surface area contributed by atoms with E-state index in [1.165, 1.54) is 11.3 Å². The number of hydrogen-bond donors (Lipinski definition) is 0. The Kier molecular flexibility index (Phi) is 6.36. The quantitative estimate of drug-likeness (QED) is 0.414. The minimum absolute atomic E-state index is 0.132. The van der Waals surface area contributed by atoms with Crippen LogP contribution in [0.5, 0.6) is 11.5 Å². The number of methoxy groups -OCH3 is 2. The molecule has 0 radical (unpaired) electrons. The molecule has 0 fully saturated rings. The van der Waals surface area contributed by atoms with Crippen molar-refractivity contribution in [3.63, 3.8) is 0 Å². The number of aromatic nitrogens is 1. The number of rotatable bonds is 7. The summed E-state index contributed by atoms with van der Waals surface area (Å²) in [5.41, 5.74) is 2.16. The summed E-state index contributed by atoms with van der Waals surface area (Å²) in [4.78, 5) is 17.8. The van der Waals surface area contributed by atoms with Crippen LogP contribution in [0.3, 0.4) is 0 Å². The van der Waals surface area contributed by atoms with Crippen molar-refractivity contribution in [1.82, 2.24) is 4.98 Å². The van der Waals surface area contributed by atoms with Crippen molar-refractivity contribution in [3.8, 4) is 22.1 Å². The van der Waals surface area contributed by atoms with Gasteiger partial charge in [0, 0.05) is 15.8 Å². The maximum Gasteiger partial charge on any atom is 0.338 e. The molecule has 5 nitrogen and oxygen atoms in total. The van der Waals surface area contributed by atoms with Crippen molar-refractivity contribution in [2.75, 3.05) is 20.5 Å². The van der Waals surface area contributed by atoms with Gasteiger partial charge in [0.25, 0.3) is 0 Å². The van der Waals surface area contributed by atoms with Gasteiger partial charge < -0.3 is 14.2 Å². The van der Waals surface area contributed by atoms with Gasteiger partial charge in [-0.05, 0) is 48.7 Å². The predicted octanol–water partition coefficient (Wildman–Crippen LogP) is 4.91. The molecule has 0 atom stereocenters. The number of esters is 1.